The maximum Gasteiger partial charge on any atom is 0.254 e. The summed E-state index contributed by atoms with van der Waals surface area (Å²) in [6.07, 6.45) is 5.23. The lowest BCUT2D eigenvalue weighted by Gasteiger charge is -2.52. The molecule has 1 unspecified atom stereocenters. The minimum absolute atomic E-state index is 0.250. The van der Waals surface area contributed by atoms with Gasteiger partial charge in [-0.15, -0.1) is 0 Å². The molecule has 3 heteroatoms. The van der Waals surface area contributed by atoms with Crippen LogP contribution in [0.2, 0.25) is 0 Å². The molecule has 0 N–H and O–H groups in total. The van der Waals surface area contributed by atoms with E-state index in [1.165, 1.54) is 25.7 Å². The highest BCUT2D eigenvalue weighted by molar-refractivity contribution is 5.85. The van der Waals surface area contributed by atoms with Gasteiger partial charge in [-0.2, -0.15) is 0 Å². The van der Waals surface area contributed by atoms with E-state index in [0.717, 1.165) is 13.2 Å². The highest BCUT2D eigenvalue weighted by atomic mass is 15.4. The van der Waals surface area contributed by atoms with Crippen LogP contribution in [0.15, 0.2) is 0 Å². The Hall–Kier alpha value is -0.570. The first-order valence-electron chi connectivity index (χ1n) is 8.61. The Morgan fingerprint density at radius 1 is 1.05 bits per heavy atom. The zero-order chi connectivity index (χ0) is 16.1. The van der Waals surface area contributed by atoms with Gasteiger partial charge in [0.15, 0.2) is 0 Å². The van der Waals surface area contributed by atoms with E-state index in [4.69, 9.17) is 0 Å². The number of hydrogen-bond acceptors (Lipinski definition) is 2. The first-order valence-corrected chi connectivity index (χ1v) is 8.61. The monoisotopic (exact) mass is 294 g/mol. The van der Waals surface area contributed by atoms with Gasteiger partial charge in [-0.1, -0.05) is 6.92 Å². The summed E-state index contributed by atoms with van der Waals surface area (Å²) in [5.41, 5.74) is 0.875. The van der Waals surface area contributed by atoms with Crippen LogP contribution in [0.5, 0.6) is 0 Å². The van der Waals surface area contributed by atoms with E-state index >= 15 is 0 Å². The molecule has 2 aliphatic heterocycles. The number of piperidine rings is 1. The summed E-state index contributed by atoms with van der Waals surface area (Å²) in [6.45, 7) is 16.5. The van der Waals surface area contributed by atoms with Crippen LogP contribution in [0.3, 0.4) is 0 Å². The van der Waals surface area contributed by atoms with Crippen molar-refractivity contribution in [1.29, 1.82) is 0 Å². The maximum atomic E-state index is 2.70. The average molecular weight is 295 g/mol. The Bertz CT molecular complexity index is 436. The average Bonchev–Trinajstić information content (AvgIpc) is 2.40. The SMILES string of the molecule is CCN(C)CN1C2=[N+](C)C(C)(C)CCC2(C)CCC1(C)C. The van der Waals surface area contributed by atoms with Gasteiger partial charge in [0.2, 0.25) is 0 Å². The minimum Gasteiger partial charge on any atom is -0.271 e. The summed E-state index contributed by atoms with van der Waals surface area (Å²) in [6, 6.07) is 0. The van der Waals surface area contributed by atoms with E-state index in [0.29, 0.717) is 5.41 Å². The number of rotatable bonds is 3. The third-order valence-corrected chi connectivity index (χ3v) is 6.25. The molecule has 1 atom stereocenters. The van der Waals surface area contributed by atoms with Crippen LogP contribution in [0.25, 0.3) is 0 Å². The van der Waals surface area contributed by atoms with Gasteiger partial charge in [-0.05, 0) is 73.9 Å². The van der Waals surface area contributed by atoms with Crippen molar-refractivity contribution < 1.29 is 4.58 Å². The van der Waals surface area contributed by atoms with Crippen molar-refractivity contribution in [3.8, 4) is 0 Å². The minimum atomic E-state index is 0.250. The third-order valence-electron chi connectivity index (χ3n) is 6.25. The summed E-state index contributed by atoms with van der Waals surface area (Å²) < 4.78 is 2.58. The van der Waals surface area contributed by atoms with Gasteiger partial charge in [0.25, 0.3) is 5.84 Å². The normalized spacial score (nSPS) is 31.6. The van der Waals surface area contributed by atoms with Gasteiger partial charge in [-0.25, -0.2) is 4.90 Å². The number of nitrogens with zero attached hydrogens (tertiary/aromatic N) is 3. The Kier molecular flexibility index (Phi) is 4.20. The molecular formula is C18H36N3+. The van der Waals surface area contributed by atoms with Crippen molar-refractivity contribution >= 4 is 5.84 Å². The second-order valence-corrected chi connectivity index (χ2v) is 8.81. The zero-order valence-corrected chi connectivity index (χ0v) is 15.6. The van der Waals surface area contributed by atoms with Crippen molar-refractivity contribution in [1.82, 2.24) is 9.80 Å². The van der Waals surface area contributed by atoms with Crippen LogP contribution in [0.1, 0.15) is 67.2 Å². The summed E-state index contributed by atoms with van der Waals surface area (Å²) in [7, 11) is 4.55. The molecule has 2 heterocycles. The molecule has 0 amide bonds. The highest BCUT2D eigenvalue weighted by Crippen LogP contribution is 2.46. The number of fused-ring (bicyclic) bond motifs is 1. The van der Waals surface area contributed by atoms with E-state index in [2.05, 4.69) is 70.0 Å². The van der Waals surface area contributed by atoms with Gasteiger partial charge < -0.3 is 0 Å². The molecule has 0 aromatic heterocycles. The summed E-state index contributed by atoms with van der Waals surface area (Å²) in [5, 5.41) is 0. The predicted octanol–water partition coefficient (Wildman–Crippen LogP) is 3.39. The molecule has 2 rings (SSSR count). The van der Waals surface area contributed by atoms with E-state index < -0.39 is 0 Å². The molecule has 21 heavy (non-hydrogen) atoms. The van der Waals surface area contributed by atoms with Crippen molar-refractivity contribution in [3.63, 3.8) is 0 Å². The second kappa shape index (κ2) is 5.26. The van der Waals surface area contributed by atoms with Gasteiger partial charge in [0.05, 0.1) is 12.5 Å². The zero-order valence-electron chi connectivity index (χ0n) is 15.6. The van der Waals surface area contributed by atoms with E-state index in [-0.39, 0.29) is 11.1 Å². The van der Waals surface area contributed by atoms with Gasteiger partial charge in [0.1, 0.15) is 17.7 Å². The fraction of sp³-hybridized carbons (Fsp3) is 0.944. The number of likely N-dealkylation sites (tertiary alicyclic amines) is 1. The second-order valence-electron chi connectivity index (χ2n) is 8.81. The van der Waals surface area contributed by atoms with Crippen LogP contribution >= 0.6 is 0 Å². The molecule has 2 aliphatic rings. The first kappa shape index (κ1) is 16.8. The first-order chi connectivity index (χ1) is 9.53. The van der Waals surface area contributed by atoms with Crippen LogP contribution in [0.4, 0.5) is 0 Å². The lowest BCUT2D eigenvalue weighted by atomic mass is 9.67. The molecule has 0 radical (unpaired) electrons. The highest BCUT2D eigenvalue weighted by Gasteiger charge is 2.55. The summed E-state index contributed by atoms with van der Waals surface area (Å²) in [4.78, 5) is 5.12. The van der Waals surface area contributed by atoms with E-state index in [1.54, 1.807) is 5.84 Å². The quantitative estimate of drug-likeness (QED) is 0.738. The smallest absolute Gasteiger partial charge is 0.254 e. The Morgan fingerprint density at radius 2 is 1.62 bits per heavy atom. The molecule has 0 aliphatic carbocycles. The fourth-order valence-corrected chi connectivity index (χ4v) is 3.90. The summed E-state index contributed by atoms with van der Waals surface area (Å²) >= 11 is 0. The van der Waals surface area contributed by atoms with Crippen molar-refractivity contribution in [2.75, 3.05) is 27.3 Å². The standard InChI is InChI=1S/C18H36N3/c1-9-19(7)14-21-15-18(6,13-11-17(21,4)5)12-10-16(2,3)20(15)8/h9-14H2,1-8H3/q+1. The molecule has 1 fully saturated rings. The molecule has 0 spiro atoms. The Balaban J connectivity index is 2.50. The van der Waals surface area contributed by atoms with Gasteiger partial charge in [0, 0.05) is 0 Å². The Morgan fingerprint density at radius 3 is 2.19 bits per heavy atom. The molecule has 0 saturated carbocycles. The molecule has 122 valence electrons. The van der Waals surface area contributed by atoms with Crippen LogP contribution in [-0.2, 0) is 0 Å². The lowest BCUT2D eigenvalue weighted by molar-refractivity contribution is -0.591. The van der Waals surface area contributed by atoms with Crippen LogP contribution in [0, 0.1) is 5.41 Å². The van der Waals surface area contributed by atoms with Gasteiger partial charge >= 0.3 is 0 Å². The Labute approximate surface area is 132 Å². The van der Waals surface area contributed by atoms with Crippen molar-refractivity contribution in [3.05, 3.63) is 0 Å². The molecular weight excluding hydrogens is 258 g/mol. The number of amidine groups is 1. The molecule has 0 bridgehead atoms. The van der Waals surface area contributed by atoms with E-state index in [1.807, 2.05) is 0 Å². The van der Waals surface area contributed by atoms with E-state index in [9.17, 15) is 0 Å². The largest absolute Gasteiger partial charge is 0.271 e. The molecule has 0 aromatic carbocycles. The van der Waals surface area contributed by atoms with Crippen LogP contribution in [-0.4, -0.2) is 58.6 Å². The van der Waals surface area contributed by atoms with Crippen molar-refractivity contribution in [2.45, 2.75) is 78.3 Å². The lowest BCUT2D eigenvalue weighted by Crippen LogP contribution is -2.66. The number of hydrogen-bond donors (Lipinski definition) is 0. The van der Waals surface area contributed by atoms with Crippen molar-refractivity contribution in [2.24, 2.45) is 5.41 Å². The molecule has 3 nitrogen and oxygen atoms in total. The van der Waals surface area contributed by atoms with Gasteiger partial charge in [-0.3, -0.25) is 9.48 Å². The predicted molar refractivity (Wildman–Crippen MR) is 90.9 cm³/mol. The fourth-order valence-electron chi connectivity index (χ4n) is 3.90. The van der Waals surface area contributed by atoms with Crippen LogP contribution < -0.4 is 0 Å². The third kappa shape index (κ3) is 2.86. The molecule has 0 aromatic rings. The topological polar surface area (TPSA) is 9.49 Å². The maximum absolute atomic E-state index is 2.70. The molecule has 1 saturated heterocycles. The summed E-state index contributed by atoms with van der Waals surface area (Å²) in [5.74, 6) is 1.58.